The van der Waals surface area contributed by atoms with Crippen LogP contribution in [0.4, 0.5) is 87.8 Å². The molecule has 0 heterocycles. The zero-order chi connectivity index (χ0) is 29.8. The van der Waals surface area contributed by atoms with E-state index in [1.165, 1.54) is 0 Å². The quantitative estimate of drug-likeness (QED) is 0.145. The van der Waals surface area contributed by atoms with Gasteiger partial charge in [0.25, 0.3) is 0 Å². The van der Waals surface area contributed by atoms with Crippen LogP contribution in [-0.4, -0.2) is 72.3 Å². The van der Waals surface area contributed by atoms with Gasteiger partial charge in [0.2, 0.25) is 0 Å². The molecule has 0 fully saturated rings. The van der Waals surface area contributed by atoms with Gasteiger partial charge in [0.15, 0.2) is 6.67 Å². The van der Waals surface area contributed by atoms with Crippen molar-refractivity contribution in [1.82, 2.24) is 0 Å². The molecule has 0 aromatic rings. The van der Waals surface area contributed by atoms with E-state index in [1.54, 1.807) is 0 Å². The molecule has 0 aliphatic carbocycles. The van der Waals surface area contributed by atoms with Gasteiger partial charge in [-0.2, -0.15) is 83.4 Å². The van der Waals surface area contributed by atoms with Crippen LogP contribution in [0.1, 0.15) is 0 Å². The Labute approximate surface area is 183 Å². The highest BCUT2D eigenvalue weighted by molar-refractivity contribution is 5.81. The maximum Gasteiger partial charge on any atom is 0.385 e. The zero-order valence-corrected chi connectivity index (χ0v) is 15.9. The molecule has 0 saturated heterocycles. The lowest BCUT2D eigenvalue weighted by Crippen LogP contribution is -2.76. The number of halogens is 20. The van der Waals surface area contributed by atoms with Crippen LogP contribution in [0, 0.1) is 0 Å². The van der Waals surface area contributed by atoms with Crippen LogP contribution in [0.25, 0.3) is 0 Å². The highest BCUT2D eigenvalue weighted by atomic mass is 19.4. The largest absolute Gasteiger partial charge is 0.421 e. The van der Waals surface area contributed by atoms with Crippen molar-refractivity contribution in [3.8, 4) is 0 Å². The minimum Gasteiger partial charge on any atom is -0.421 e. The molecule has 0 radical (unpaired) electrons. The van der Waals surface area contributed by atoms with Gasteiger partial charge in [0, 0.05) is 6.08 Å². The average molecular weight is 586 g/mol. The fourth-order valence-corrected chi connectivity index (χ4v) is 1.88. The maximum atomic E-state index is 13.5. The van der Waals surface area contributed by atoms with E-state index >= 15 is 0 Å². The summed E-state index contributed by atoms with van der Waals surface area (Å²) in [6.45, 7) is -1.75. The molecule has 1 atom stereocenters. The van der Waals surface area contributed by atoms with Crippen molar-refractivity contribution in [2.75, 3.05) is 6.67 Å². The summed E-state index contributed by atoms with van der Waals surface area (Å²) in [7, 11) is 0. The second kappa shape index (κ2) is 8.98. The molecule has 2 nitrogen and oxygen atoms in total. The van der Waals surface area contributed by atoms with E-state index in [1.807, 2.05) is 0 Å². The van der Waals surface area contributed by atoms with Crippen molar-refractivity contribution in [1.29, 1.82) is 0 Å². The van der Waals surface area contributed by atoms with Gasteiger partial charge in [-0.3, -0.25) is 0 Å². The third-order valence-corrected chi connectivity index (χ3v) is 4.08. The zero-order valence-electron chi connectivity index (χ0n) is 15.9. The molecule has 1 unspecified atom stereocenters. The predicted octanol–water partition coefficient (Wildman–Crippen LogP) is 6.70. The summed E-state index contributed by atoms with van der Waals surface area (Å²) in [5, 5.41) is 0. The van der Waals surface area contributed by atoms with Crippen LogP contribution in [0.5, 0.6) is 0 Å². The smallest absolute Gasteiger partial charge is 0.385 e. The summed E-state index contributed by atoms with van der Waals surface area (Å²) < 4.78 is 267. The minimum absolute atomic E-state index is 0.349. The summed E-state index contributed by atoms with van der Waals surface area (Å²) in [5.41, 5.74) is 0. The number of hydrogen-bond acceptors (Lipinski definition) is 2. The number of esters is 1. The van der Waals surface area contributed by atoms with Gasteiger partial charge in [-0.1, -0.05) is 6.58 Å². The van der Waals surface area contributed by atoms with E-state index in [-0.39, 0.29) is 6.08 Å². The highest BCUT2D eigenvalue weighted by Gasteiger charge is 2.96. The van der Waals surface area contributed by atoms with Gasteiger partial charge < -0.3 is 4.74 Å². The number of ether oxygens (including phenoxy) is 1. The Balaban J connectivity index is 6.94. The van der Waals surface area contributed by atoms with Crippen LogP contribution in [0.3, 0.4) is 0 Å². The van der Waals surface area contributed by atoms with Crippen LogP contribution in [0.15, 0.2) is 12.7 Å². The number of alkyl halides is 20. The lowest BCUT2D eigenvalue weighted by molar-refractivity contribution is -0.466. The first-order valence-corrected chi connectivity index (χ1v) is 7.87. The van der Waals surface area contributed by atoms with E-state index < -0.39 is 72.3 Å². The van der Waals surface area contributed by atoms with E-state index in [0.717, 1.165) is 0 Å². The van der Waals surface area contributed by atoms with Gasteiger partial charge in [0.05, 0.1) is 0 Å². The SMILES string of the molecule is C=CC(=O)OC(F)C(F)(F)C(F)(F)C(F)(F)C(F)(F)C(F)(F)C(F)(F)C(F)(F)C(F)(F)C(F)(F)CF. The molecule has 22 heteroatoms. The second-order valence-corrected chi connectivity index (χ2v) is 6.44. The molecule has 0 rings (SSSR count). The predicted molar refractivity (Wildman–Crippen MR) is 71.7 cm³/mol. The number of hydrogen-bond donors (Lipinski definition) is 0. The highest BCUT2D eigenvalue weighted by Crippen LogP contribution is 2.65. The van der Waals surface area contributed by atoms with Gasteiger partial charge in [-0.05, 0) is 0 Å². The van der Waals surface area contributed by atoms with Crippen molar-refractivity contribution in [2.45, 2.75) is 59.7 Å². The standard InChI is InChI=1S/C14H6F20O2/c1-2-4(35)36-5(16)7(19,20)9(23,24)11(27,28)13(31,32)14(33,34)12(29,30)10(25,26)8(21,22)6(17,18)3-15/h2,5H,1,3H2. The van der Waals surface area contributed by atoms with Crippen LogP contribution < -0.4 is 0 Å². The number of rotatable bonds is 12. The molecule has 36 heavy (non-hydrogen) atoms. The lowest BCUT2D eigenvalue weighted by atomic mass is 9.86. The fourth-order valence-electron chi connectivity index (χ4n) is 1.88. The van der Waals surface area contributed by atoms with Gasteiger partial charge in [-0.15, -0.1) is 0 Å². The first-order valence-electron chi connectivity index (χ1n) is 7.87. The Morgan fingerprint density at radius 3 is 1.17 bits per heavy atom. The molecule has 0 N–H and O–H groups in total. The van der Waals surface area contributed by atoms with Crippen molar-refractivity contribution >= 4 is 5.97 Å². The molecular formula is C14H6F20O2. The molecule has 0 bridgehead atoms. The summed E-state index contributed by atoms with van der Waals surface area (Å²) >= 11 is 0. The Morgan fingerprint density at radius 2 is 0.889 bits per heavy atom. The first-order chi connectivity index (χ1) is 15.4. The van der Waals surface area contributed by atoms with E-state index in [4.69, 9.17) is 0 Å². The van der Waals surface area contributed by atoms with Crippen molar-refractivity contribution in [2.24, 2.45) is 0 Å². The molecule has 0 aromatic heterocycles. The molecular weight excluding hydrogens is 580 g/mol. The van der Waals surface area contributed by atoms with Crippen molar-refractivity contribution < 1.29 is 97.3 Å². The van der Waals surface area contributed by atoms with Crippen molar-refractivity contribution in [3.63, 3.8) is 0 Å². The molecule has 0 aliphatic rings. The van der Waals surface area contributed by atoms with Crippen molar-refractivity contribution in [3.05, 3.63) is 12.7 Å². The molecule has 0 spiro atoms. The third kappa shape index (κ3) is 4.20. The molecule has 0 saturated carbocycles. The fraction of sp³-hybridized carbons (Fsp3) is 0.786. The summed E-state index contributed by atoms with van der Waals surface area (Å²) in [5.74, 6) is -78.4. The molecule has 0 aromatic carbocycles. The van der Waals surface area contributed by atoms with E-state index in [2.05, 4.69) is 11.3 Å². The number of carbonyl (C=O) groups excluding carboxylic acids is 1. The molecule has 214 valence electrons. The molecule has 0 aliphatic heterocycles. The number of carbonyl (C=O) groups is 1. The van der Waals surface area contributed by atoms with Gasteiger partial charge >= 0.3 is 65.6 Å². The Kier molecular flexibility index (Phi) is 8.43. The second-order valence-electron chi connectivity index (χ2n) is 6.44. The van der Waals surface area contributed by atoms with Crippen LogP contribution >= 0.6 is 0 Å². The first kappa shape index (κ1) is 33.8. The minimum atomic E-state index is -9.08. The summed E-state index contributed by atoms with van der Waals surface area (Å²) in [6.07, 6.45) is -5.83. The van der Waals surface area contributed by atoms with Gasteiger partial charge in [0.1, 0.15) is 0 Å². The normalized spacial score (nSPS) is 16.6. The van der Waals surface area contributed by atoms with E-state index in [9.17, 15) is 92.6 Å². The van der Waals surface area contributed by atoms with Gasteiger partial charge in [-0.25, -0.2) is 9.18 Å². The summed E-state index contributed by atoms with van der Waals surface area (Å²) in [4.78, 5) is 10.5. The average Bonchev–Trinajstić information content (AvgIpc) is 2.71. The topological polar surface area (TPSA) is 26.3 Å². The third-order valence-electron chi connectivity index (χ3n) is 4.08. The Hall–Kier alpha value is -2.19. The van der Waals surface area contributed by atoms with Crippen LogP contribution in [0.2, 0.25) is 0 Å². The molecule has 0 amide bonds. The van der Waals surface area contributed by atoms with E-state index in [0.29, 0.717) is 0 Å². The summed E-state index contributed by atoms with van der Waals surface area (Å²) in [6, 6.07) is 0. The maximum absolute atomic E-state index is 13.5. The Morgan fingerprint density at radius 1 is 0.611 bits per heavy atom. The Bertz CT molecular complexity index is 830. The monoisotopic (exact) mass is 586 g/mol. The lowest BCUT2D eigenvalue weighted by Gasteiger charge is -2.44. The van der Waals surface area contributed by atoms with Crippen LogP contribution in [-0.2, 0) is 9.53 Å².